The van der Waals surface area contributed by atoms with E-state index in [1.54, 1.807) is 24.3 Å². The van der Waals surface area contributed by atoms with Crippen molar-refractivity contribution in [3.05, 3.63) is 59.1 Å². The van der Waals surface area contributed by atoms with Crippen LogP contribution < -0.4 is 5.32 Å². The molecule has 2 aromatic carbocycles. The number of ether oxygens (including phenoxy) is 1. The molecule has 1 fully saturated rings. The summed E-state index contributed by atoms with van der Waals surface area (Å²) in [5.41, 5.74) is 0.784. The Morgan fingerprint density at radius 3 is 2.62 bits per heavy atom. The van der Waals surface area contributed by atoms with Gasteiger partial charge in [0.2, 0.25) is 10.0 Å². The summed E-state index contributed by atoms with van der Waals surface area (Å²) in [6.07, 6.45) is 1.68. The van der Waals surface area contributed by atoms with Gasteiger partial charge in [-0.3, -0.25) is 10.1 Å². The summed E-state index contributed by atoms with van der Waals surface area (Å²) in [6, 6.07) is 12.5. The number of rotatable bonds is 7. The van der Waals surface area contributed by atoms with Gasteiger partial charge in [-0.1, -0.05) is 28.8 Å². The lowest BCUT2D eigenvalue weighted by Crippen LogP contribution is -2.34. The Balaban J connectivity index is 1.43. The van der Waals surface area contributed by atoms with Crippen LogP contribution in [0.4, 0.5) is 6.01 Å². The number of aromatic nitrogens is 2. The van der Waals surface area contributed by atoms with E-state index in [-0.39, 0.29) is 35.0 Å². The maximum atomic E-state index is 12.8. The summed E-state index contributed by atoms with van der Waals surface area (Å²) < 4.78 is 37.8. The highest BCUT2D eigenvalue weighted by Gasteiger charge is 2.26. The molecule has 0 unspecified atom stereocenters. The predicted octanol–water partition coefficient (Wildman–Crippen LogP) is 3.44. The van der Waals surface area contributed by atoms with E-state index in [9.17, 15) is 13.2 Å². The van der Waals surface area contributed by atoms with Gasteiger partial charge in [-0.15, -0.1) is 5.10 Å². The minimum atomic E-state index is -3.69. The molecule has 1 aromatic heterocycles. The number of sulfonamides is 1. The minimum Gasteiger partial charge on any atom is -0.403 e. The van der Waals surface area contributed by atoms with Gasteiger partial charge in [0, 0.05) is 25.8 Å². The molecule has 1 aliphatic heterocycles. The highest BCUT2D eigenvalue weighted by Crippen LogP contribution is 2.27. The van der Waals surface area contributed by atoms with Crippen molar-refractivity contribution >= 4 is 33.5 Å². The molecule has 0 bridgehead atoms. The third-order valence-corrected chi connectivity index (χ3v) is 7.23. The van der Waals surface area contributed by atoms with E-state index in [0.29, 0.717) is 17.2 Å². The molecule has 0 saturated carbocycles. The molecule has 1 saturated heterocycles. The summed E-state index contributed by atoms with van der Waals surface area (Å²) in [5.74, 6) is -0.349. The van der Waals surface area contributed by atoms with E-state index < -0.39 is 15.9 Å². The highest BCUT2D eigenvalue weighted by molar-refractivity contribution is 7.89. The van der Waals surface area contributed by atoms with Crippen molar-refractivity contribution in [1.29, 1.82) is 0 Å². The van der Waals surface area contributed by atoms with Gasteiger partial charge in [0.15, 0.2) is 0 Å². The number of halogens is 1. The molecule has 168 valence electrons. The number of hydrogen-bond donors (Lipinski definition) is 1. The fraction of sp³-hybridized carbons (Fsp3) is 0.286. The Hall–Kier alpha value is -2.79. The van der Waals surface area contributed by atoms with Gasteiger partial charge in [0.25, 0.3) is 11.8 Å². The number of carbonyl (C=O) groups is 1. The van der Waals surface area contributed by atoms with Gasteiger partial charge in [-0.05, 0) is 49.2 Å². The van der Waals surface area contributed by atoms with Gasteiger partial charge in [0.05, 0.1) is 21.6 Å². The second-order valence-corrected chi connectivity index (χ2v) is 9.74. The molecule has 9 nitrogen and oxygen atoms in total. The number of hydrogen-bond acceptors (Lipinski definition) is 7. The van der Waals surface area contributed by atoms with Crippen LogP contribution in [0.5, 0.6) is 0 Å². The molecule has 1 atom stereocenters. The van der Waals surface area contributed by atoms with Crippen molar-refractivity contribution in [2.75, 3.05) is 25.5 Å². The van der Waals surface area contributed by atoms with Crippen LogP contribution in [-0.2, 0) is 14.8 Å². The molecule has 32 heavy (non-hydrogen) atoms. The van der Waals surface area contributed by atoms with Gasteiger partial charge < -0.3 is 9.15 Å². The lowest BCUT2D eigenvalue weighted by Gasteiger charge is -2.20. The third-order valence-electron chi connectivity index (χ3n) is 5.06. The third kappa shape index (κ3) is 4.83. The Labute approximate surface area is 190 Å². The second kappa shape index (κ2) is 9.37. The lowest BCUT2D eigenvalue weighted by atomic mass is 10.2. The van der Waals surface area contributed by atoms with Crippen LogP contribution in [0.15, 0.2) is 57.8 Å². The first kappa shape index (κ1) is 22.4. The molecule has 2 heterocycles. The summed E-state index contributed by atoms with van der Waals surface area (Å²) in [4.78, 5) is 12.6. The predicted molar refractivity (Wildman–Crippen MR) is 118 cm³/mol. The summed E-state index contributed by atoms with van der Waals surface area (Å²) >= 11 is 6.12. The Morgan fingerprint density at radius 1 is 1.19 bits per heavy atom. The zero-order chi connectivity index (χ0) is 22.7. The number of nitrogens with zero attached hydrogens (tertiary/aromatic N) is 3. The fourth-order valence-electron chi connectivity index (χ4n) is 3.32. The summed E-state index contributed by atoms with van der Waals surface area (Å²) in [5, 5.41) is 10.6. The van der Waals surface area contributed by atoms with E-state index in [2.05, 4.69) is 15.5 Å². The summed E-state index contributed by atoms with van der Waals surface area (Å²) in [6.45, 7) is 0.942. The normalized spacial score (nSPS) is 16.4. The van der Waals surface area contributed by atoms with Gasteiger partial charge in [-0.25, -0.2) is 8.42 Å². The molecule has 3 aromatic rings. The number of anilines is 1. The average Bonchev–Trinajstić information content (AvgIpc) is 3.46. The van der Waals surface area contributed by atoms with E-state index >= 15 is 0 Å². The van der Waals surface area contributed by atoms with Crippen LogP contribution >= 0.6 is 11.6 Å². The standard InChI is InChI=1S/C21H21ClN4O5S/c1-26(13-15-5-4-12-30-15)32(28,29)16-10-8-14(9-11-16)19(27)23-21-25-24-20(31-21)17-6-2-3-7-18(17)22/h2-3,6-11,15H,4-5,12-13H2,1H3,(H,23,25,27)/t15-/m0/s1. The first-order valence-corrected chi connectivity index (χ1v) is 11.7. The van der Waals surface area contributed by atoms with Crippen molar-refractivity contribution in [2.45, 2.75) is 23.8 Å². The second-order valence-electron chi connectivity index (χ2n) is 7.29. The van der Waals surface area contributed by atoms with E-state index in [1.165, 1.54) is 35.6 Å². The zero-order valence-corrected chi connectivity index (χ0v) is 18.8. The van der Waals surface area contributed by atoms with E-state index in [4.69, 9.17) is 20.8 Å². The number of carbonyl (C=O) groups excluding carboxylic acids is 1. The van der Waals surface area contributed by atoms with Gasteiger partial charge in [-0.2, -0.15) is 4.31 Å². The molecular weight excluding hydrogens is 456 g/mol. The SMILES string of the molecule is CN(C[C@@H]1CCCO1)S(=O)(=O)c1ccc(C(=O)Nc2nnc(-c3ccccc3Cl)o2)cc1. The average molecular weight is 477 g/mol. The quantitative estimate of drug-likeness (QED) is 0.555. The Morgan fingerprint density at radius 2 is 1.94 bits per heavy atom. The molecular formula is C21H21ClN4O5S. The maximum Gasteiger partial charge on any atom is 0.322 e. The van der Waals surface area contributed by atoms with Crippen LogP contribution in [0.2, 0.25) is 5.02 Å². The lowest BCUT2D eigenvalue weighted by molar-refractivity contribution is 0.0979. The van der Waals surface area contributed by atoms with Crippen molar-refractivity contribution < 1.29 is 22.4 Å². The smallest absolute Gasteiger partial charge is 0.322 e. The number of amides is 1. The largest absolute Gasteiger partial charge is 0.403 e. The first-order chi connectivity index (χ1) is 15.3. The summed E-state index contributed by atoms with van der Waals surface area (Å²) in [7, 11) is -2.17. The van der Waals surface area contributed by atoms with Crippen molar-refractivity contribution in [1.82, 2.24) is 14.5 Å². The van der Waals surface area contributed by atoms with Crippen LogP contribution in [-0.4, -0.2) is 55.1 Å². The topological polar surface area (TPSA) is 115 Å². The first-order valence-electron chi connectivity index (χ1n) is 9.92. The molecule has 1 N–H and O–H groups in total. The van der Waals surface area contributed by atoms with Crippen molar-refractivity contribution in [3.63, 3.8) is 0 Å². The molecule has 0 spiro atoms. The molecule has 0 aliphatic carbocycles. The van der Waals surface area contributed by atoms with Crippen LogP contribution in [0, 0.1) is 0 Å². The zero-order valence-electron chi connectivity index (χ0n) is 17.2. The minimum absolute atomic E-state index is 0.0911. The van der Waals surface area contributed by atoms with Crippen molar-refractivity contribution in [3.8, 4) is 11.5 Å². The number of benzene rings is 2. The fourth-order valence-corrected chi connectivity index (χ4v) is 4.74. The maximum absolute atomic E-state index is 12.8. The van der Waals surface area contributed by atoms with Crippen molar-refractivity contribution in [2.24, 2.45) is 0 Å². The Kier molecular flexibility index (Phi) is 6.56. The number of nitrogens with one attached hydrogen (secondary N) is 1. The molecule has 4 rings (SSSR count). The number of likely N-dealkylation sites (N-methyl/N-ethyl adjacent to an activating group) is 1. The van der Waals surface area contributed by atoms with Crippen LogP contribution in [0.3, 0.4) is 0 Å². The monoisotopic (exact) mass is 476 g/mol. The molecule has 1 aliphatic rings. The Bertz CT molecular complexity index is 1210. The molecule has 1 amide bonds. The van der Waals surface area contributed by atoms with Crippen LogP contribution in [0.1, 0.15) is 23.2 Å². The van der Waals surface area contributed by atoms with E-state index in [1.807, 2.05) is 0 Å². The van der Waals surface area contributed by atoms with E-state index in [0.717, 1.165) is 12.8 Å². The van der Waals surface area contributed by atoms with Gasteiger partial charge in [0.1, 0.15) is 0 Å². The van der Waals surface area contributed by atoms with Gasteiger partial charge >= 0.3 is 6.01 Å². The molecule has 0 radical (unpaired) electrons. The van der Waals surface area contributed by atoms with Crippen LogP contribution in [0.25, 0.3) is 11.5 Å². The highest BCUT2D eigenvalue weighted by atomic mass is 35.5. The molecule has 11 heteroatoms.